The lowest BCUT2D eigenvalue weighted by Gasteiger charge is -2.32. The monoisotopic (exact) mass is 360 g/mol. The zero-order valence-corrected chi connectivity index (χ0v) is 12.7. The summed E-state index contributed by atoms with van der Waals surface area (Å²) < 4.78 is 1.28. The number of nitrogens with zero attached hydrogens (tertiary/aromatic N) is 1. The van der Waals surface area contributed by atoms with Crippen LogP contribution in [-0.4, -0.2) is 23.0 Å². The third kappa shape index (κ3) is 3.89. The van der Waals surface area contributed by atoms with Gasteiger partial charge in [-0.25, -0.2) is 0 Å². The predicted molar refractivity (Wildman–Crippen MR) is 83.9 cm³/mol. The standard InChI is InChI=1S/C13H17IN2S/c14-12-5-3-10(4-6-12)8-16-7-1-2-11(9-16)13(15)17/h3-6,11H,1-2,7-9H2,(H2,15,17). The molecule has 0 radical (unpaired) electrons. The molecule has 92 valence electrons. The number of halogens is 1. The molecule has 1 aliphatic heterocycles. The Labute approximate surface area is 122 Å². The topological polar surface area (TPSA) is 29.3 Å². The second-order valence-corrected chi connectivity index (χ2v) is 6.32. The second-order valence-electron chi connectivity index (χ2n) is 4.60. The van der Waals surface area contributed by atoms with Gasteiger partial charge in [0.05, 0.1) is 4.99 Å². The van der Waals surface area contributed by atoms with Crippen molar-refractivity contribution >= 4 is 39.8 Å². The number of thiocarbonyl (C=S) groups is 1. The van der Waals surface area contributed by atoms with E-state index in [2.05, 4.69) is 51.8 Å². The highest BCUT2D eigenvalue weighted by Gasteiger charge is 2.21. The fourth-order valence-electron chi connectivity index (χ4n) is 2.28. The van der Waals surface area contributed by atoms with Gasteiger partial charge in [-0.1, -0.05) is 24.4 Å². The molecule has 1 unspecified atom stereocenters. The van der Waals surface area contributed by atoms with Crippen LogP contribution in [0.25, 0.3) is 0 Å². The lowest BCUT2D eigenvalue weighted by molar-refractivity contribution is 0.197. The van der Waals surface area contributed by atoms with Crippen molar-refractivity contribution < 1.29 is 0 Å². The summed E-state index contributed by atoms with van der Waals surface area (Å²) in [7, 11) is 0. The zero-order chi connectivity index (χ0) is 12.3. The molecule has 0 amide bonds. The van der Waals surface area contributed by atoms with Crippen molar-refractivity contribution in [3.63, 3.8) is 0 Å². The maximum atomic E-state index is 5.75. The van der Waals surface area contributed by atoms with Crippen molar-refractivity contribution in [3.8, 4) is 0 Å². The molecule has 1 aromatic rings. The maximum absolute atomic E-state index is 5.75. The Morgan fingerprint density at radius 2 is 2.12 bits per heavy atom. The quantitative estimate of drug-likeness (QED) is 0.664. The molecule has 2 rings (SSSR count). The lowest BCUT2D eigenvalue weighted by Crippen LogP contribution is -2.39. The first-order valence-corrected chi connectivity index (χ1v) is 7.40. The summed E-state index contributed by atoms with van der Waals surface area (Å²) >= 11 is 7.43. The molecule has 0 bridgehead atoms. The number of hydrogen-bond donors (Lipinski definition) is 1. The Hall–Kier alpha value is -0.200. The molecule has 1 aromatic carbocycles. The molecule has 17 heavy (non-hydrogen) atoms. The minimum absolute atomic E-state index is 0.405. The minimum Gasteiger partial charge on any atom is -0.393 e. The highest BCUT2D eigenvalue weighted by Crippen LogP contribution is 2.19. The fourth-order valence-corrected chi connectivity index (χ4v) is 2.83. The molecule has 2 nitrogen and oxygen atoms in total. The molecule has 1 heterocycles. The Kier molecular flexibility index (Phi) is 4.76. The van der Waals surface area contributed by atoms with Crippen LogP contribution in [0.2, 0.25) is 0 Å². The van der Waals surface area contributed by atoms with E-state index >= 15 is 0 Å². The van der Waals surface area contributed by atoms with Gasteiger partial charge in [0, 0.05) is 22.6 Å². The summed E-state index contributed by atoms with van der Waals surface area (Å²) in [6, 6.07) is 8.72. The number of nitrogens with two attached hydrogens (primary N) is 1. The van der Waals surface area contributed by atoms with Gasteiger partial charge < -0.3 is 5.73 Å². The second kappa shape index (κ2) is 6.11. The largest absolute Gasteiger partial charge is 0.393 e. The highest BCUT2D eigenvalue weighted by molar-refractivity contribution is 14.1. The summed E-state index contributed by atoms with van der Waals surface area (Å²) in [6.07, 6.45) is 2.35. The van der Waals surface area contributed by atoms with E-state index in [1.807, 2.05) is 0 Å². The highest BCUT2D eigenvalue weighted by atomic mass is 127. The van der Waals surface area contributed by atoms with Crippen molar-refractivity contribution in [2.75, 3.05) is 13.1 Å². The average molecular weight is 360 g/mol. The van der Waals surface area contributed by atoms with Crippen LogP contribution in [0.15, 0.2) is 24.3 Å². The third-order valence-corrected chi connectivity index (χ3v) is 4.28. The van der Waals surface area contributed by atoms with E-state index in [9.17, 15) is 0 Å². The van der Waals surface area contributed by atoms with Crippen LogP contribution in [0.5, 0.6) is 0 Å². The van der Waals surface area contributed by atoms with E-state index in [-0.39, 0.29) is 0 Å². The molecule has 0 saturated carbocycles. The van der Waals surface area contributed by atoms with Gasteiger partial charge >= 0.3 is 0 Å². The van der Waals surface area contributed by atoms with Gasteiger partial charge in [0.1, 0.15) is 0 Å². The molecule has 4 heteroatoms. The van der Waals surface area contributed by atoms with E-state index in [0.29, 0.717) is 10.9 Å². The van der Waals surface area contributed by atoms with Gasteiger partial charge in [0.25, 0.3) is 0 Å². The first-order chi connectivity index (χ1) is 8.15. The van der Waals surface area contributed by atoms with Gasteiger partial charge in [0.2, 0.25) is 0 Å². The van der Waals surface area contributed by atoms with Crippen LogP contribution in [0.4, 0.5) is 0 Å². The fraction of sp³-hybridized carbons (Fsp3) is 0.462. The summed E-state index contributed by atoms with van der Waals surface area (Å²) in [6.45, 7) is 3.18. The first-order valence-electron chi connectivity index (χ1n) is 5.91. The van der Waals surface area contributed by atoms with Gasteiger partial charge in [-0.2, -0.15) is 0 Å². The van der Waals surface area contributed by atoms with Crippen LogP contribution < -0.4 is 5.73 Å². The molecule has 1 atom stereocenters. The van der Waals surface area contributed by atoms with E-state index < -0.39 is 0 Å². The van der Waals surface area contributed by atoms with Crippen LogP contribution in [0, 0.1) is 9.49 Å². The van der Waals surface area contributed by atoms with Crippen molar-refractivity contribution in [2.24, 2.45) is 11.7 Å². The van der Waals surface area contributed by atoms with Crippen molar-refractivity contribution in [2.45, 2.75) is 19.4 Å². The summed E-state index contributed by atoms with van der Waals surface area (Å²) in [4.78, 5) is 3.13. The zero-order valence-electron chi connectivity index (χ0n) is 9.73. The smallest absolute Gasteiger partial charge is 0.0771 e. The van der Waals surface area contributed by atoms with Crippen molar-refractivity contribution in [1.82, 2.24) is 4.90 Å². The normalized spacial score (nSPS) is 21.4. The summed E-state index contributed by atoms with van der Waals surface area (Å²) in [5.41, 5.74) is 7.12. The Morgan fingerprint density at radius 1 is 1.41 bits per heavy atom. The summed E-state index contributed by atoms with van der Waals surface area (Å²) in [5, 5.41) is 0. The van der Waals surface area contributed by atoms with Crippen LogP contribution in [-0.2, 0) is 6.54 Å². The molecular weight excluding hydrogens is 343 g/mol. The van der Waals surface area contributed by atoms with E-state index in [1.165, 1.54) is 15.6 Å². The maximum Gasteiger partial charge on any atom is 0.0771 e. The Balaban J connectivity index is 1.94. The van der Waals surface area contributed by atoms with E-state index in [4.69, 9.17) is 18.0 Å². The minimum atomic E-state index is 0.405. The third-order valence-electron chi connectivity index (χ3n) is 3.23. The van der Waals surface area contributed by atoms with E-state index in [1.54, 1.807) is 0 Å². The first kappa shape index (κ1) is 13.2. The SMILES string of the molecule is NC(=S)C1CCCN(Cc2ccc(I)cc2)C1. The number of hydrogen-bond acceptors (Lipinski definition) is 2. The lowest BCUT2D eigenvalue weighted by atomic mass is 9.98. The summed E-state index contributed by atoms with van der Waals surface area (Å²) in [5.74, 6) is 0.405. The number of rotatable bonds is 3. The molecule has 1 aliphatic rings. The average Bonchev–Trinajstić information content (AvgIpc) is 2.32. The number of benzene rings is 1. The van der Waals surface area contributed by atoms with Gasteiger partial charge in [-0.15, -0.1) is 0 Å². The molecule has 1 fully saturated rings. The molecule has 2 N–H and O–H groups in total. The van der Waals surface area contributed by atoms with Crippen LogP contribution >= 0.6 is 34.8 Å². The van der Waals surface area contributed by atoms with Crippen LogP contribution in [0.3, 0.4) is 0 Å². The molecule has 0 aromatic heterocycles. The Morgan fingerprint density at radius 3 is 2.76 bits per heavy atom. The molecular formula is C13H17IN2S. The molecule has 1 saturated heterocycles. The van der Waals surface area contributed by atoms with Crippen molar-refractivity contribution in [3.05, 3.63) is 33.4 Å². The number of likely N-dealkylation sites (tertiary alicyclic amines) is 1. The van der Waals surface area contributed by atoms with E-state index in [0.717, 1.165) is 26.1 Å². The van der Waals surface area contributed by atoms with Gasteiger partial charge in [-0.05, 0) is 59.7 Å². The number of piperidine rings is 1. The predicted octanol–water partition coefficient (Wildman–Crippen LogP) is 2.79. The van der Waals surface area contributed by atoms with Crippen molar-refractivity contribution in [1.29, 1.82) is 0 Å². The molecule has 0 aliphatic carbocycles. The molecule has 0 spiro atoms. The van der Waals surface area contributed by atoms with Gasteiger partial charge in [0.15, 0.2) is 0 Å². The van der Waals surface area contributed by atoms with Gasteiger partial charge in [-0.3, -0.25) is 4.90 Å². The van der Waals surface area contributed by atoms with Crippen LogP contribution in [0.1, 0.15) is 18.4 Å². The Bertz CT molecular complexity index is 391.